The van der Waals surface area contributed by atoms with Gasteiger partial charge in [-0.05, 0) is 31.4 Å². The molecule has 0 radical (unpaired) electrons. The van der Waals surface area contributed by atoms with E-state index in [0.29, 0.717) is 25.4 Å². The maximum Gasteiger partial charge on any atom is 0.338 e. The topological polar surface area (TPSA) is 78.4 Å². The van der Waals surface area contributed by atoms with Gasteiger partial charge in [-0.15, -0.1) is 0 Å². The molecule has 1 aliphatic rings. The fourth-order valence-electron chi connectivity index (χ4n) is 1.85. The summed E-state index contributed by atoms with van der Waals surface area (Å²) in [5.41, 5.74) is -0.818. The fourth-order valence-corrected chi connectivity index (χ4v) is 1.85. The fraction of sp³-hybridized carbons (Fsp3) is 0.429. The lowest BCUT2D eigenvalue weighted by atomic mass is 10.1. The van der Waals surface area contributed by atoms with E-state index in [1.54, 1.807) is 0 Å². The van der Waals surface area contributed by atoms with E-state index in [1.165, 1.54) is 6.07 Å². The highest BCUT2D eigenvalue weighted by atomic mass is 19.2. The SMILES string of the molecule is O=C(CCCNc1ccc(C(=O)O)c(F)c1F)NC1CC1. The maximum absolute atomic E-state index is 13.6. The number of carboxylic acids is 1. The Balaban J connectivity index is 1.81. The van der Waals surface area contributed by atoms with E-state index in [0.717, 1.165) is 18.9 Å². The number of amides is 1. The zero-order valence-corrected chi connectivity index (χ0v) is 11.3. The first-order chi connectivity index (χ1) is 9.99. The molecule has 2 rings (SSSR count). The minimum atomic E-state index is -1.52. The summed E-state index contributed by atoms with van der Waals surface area (Å²) >= 11 is 0. The third kappa shape index (κ3) is 4.14. The molecule has 0 bridgehead atoms. The molecule has 7 heteroatoms. The van der Waals surface area contributed by atoms with Crippen molar-refractivity contribution in [1.82, 2.24) is 5.32 Å². The van der Waals surface area contributed by atoms with Gasteiger partial charge in [0.05, 0.1) is 11.3 Å². The molecule has 0 aromatic heterocycles. The summed E-state index contributed by atoms with van der Waals surface area (Å²) < 4.78 is 27.0. The molecule has 0 spiro atoms. The van der Waals surface area contributed by atoms with Crippen molar-refractivity contribution in [2.45, 2.75) is 31.7 Å². The van der Waals surface area contributed by atoms with Gasteiger partial charge in [0.1, 0.15) is 0 Å². The van der Waals surface area contributed by atoms with Crippen molar-refractivity contribution in [2.75, 3.05) is 11.9 Å². The number of carbonyl (C=O) groups excluding carboxylic acids is 1. The van der Waals surface area contributed by atoms with Gasteiger partial charge in [-0.2, -0.15) is 0 Å². The van der Waals surface area contributed by atoms with E-state index in [-0.39, 0.29) is 11.6 Å². The van der Waals surface area contributed by atoms with Crippen molar-refractivity contribution >= 4 is 17.6 Å². The molecule has 0 saturated heterocycles. The molecule has 3 N–H and O–H groups in total. The molecule has 1 saturated carbocycles. The Kier molecular flexibility index (Phi) is 4.72. The van der Waals surface area contributed by atoms with Crippen molar-refractivity contribution in [3.8, 4) is 0 Å². The average molecular weight is 298 g/mol. The number of hydrogen-bond donors (Lipinski definition) is 3. The predicted molar refractivity (Wildman–Crippen MR) is 72.2 cm³/mol. The second-order valence-electron chi connectivity index (χ2n) is 4.97. The second-order valence-corrected chi connectivity index (χ2v) is 4.97. The van der Waals surface area contributed by atoms with Crippen LogP contribution in [0.5, 0.6) is 0 Å². The van der Waals surface area contributed by atoms with Gasteiger partial charge in [0.2, 0.25) is 5.91 Å². The van der Waals surface area contributed by atoms with Crippen LogP contribution in [-0.4, -0.2) is 29.6 Å². The first-order valence-corrected chi connectivity index (χ1v) is 6.73. The van der Waals surface area contributed by atoms with Crippen LogP contribution in [0.25, 0.3) is 0 Å². The van der Waals surface area contributed by atoms with Gasteiger partial charge >= 0.3 is 5.97 Å². The Morgan fingerprint density at radius 3 is 2.57 bits per heavy atom. The minimum Gasteiger partial charge on any atom is -0.478 e. The van der Waals surface area contributed by atoms with Crippen LogP contribution in [0.1, 0.15) is 36.0 Å². The quantitative estimate of drug-likeness (QED) is 0.674. The zero-order chi connectivity index (χ0) is 15.4. The molecular formula is C14H16F2N2O3. The first kappa shape index (κ1) is 15.2. The normalized spacial score (nSPS) is 13.8. The Morgan fingerprint density at radius 1 is 1.24 bits per heavy atom. The number of nitrogens with one attached hydrogen (secondary N) is 2. The van der Waals surface area contributed by atoms with Crippen molar-refractivity contribution in [3.63, 3.8) is 0 Å². The maximum atomic E-state index is 13.6. The van der Waals surface area contributed by atoms with Crippen LogP contribution in [0, 0.1) is 11.6 Å². The molecule has 1 aromatic carbocycles. The molecule has 1 amide bonds. The molecule has 1 fully saturated rings. The van der Waals surface area contributed by atoms with Crippen molar-refractivity contribution in [3.05, 3.63) is 29.3 Å². The average Bonchev–Trinajstić information content (AvgIpc) is 3.22. The predicted octanol–water partition coefficient (Wildman–Crippen LogP) is 2.13. The Bertz CT molecular complexity index is 559. The lowest BCUT2D eigenvalue weighted by Crippen LogP contribution is -2.25. The van der Waals surface area contributed by atoms with E-state index in [4.69, 9.17) is 5.11 Å². The van der Waals surface area contributed by atoms with Gasteiger partial charge in [-0.25, -0.2) is 13.6 Å². The molecule has 0 atom stereocenters. The van der Waals surface area contributed by atoms with E-state index < -0.39 is 23.2 Å². The van der Waals surface area contributed by atoms with Gasteiger partial charge in [-0.1, -0.05) is 0 Å². The van der Waals surface area contributed by atoms with Gasteiger partial charge in [0.25, 0.3) is 0 Å². The standard InChI is InChI=1S/C14H16F2N2O3/c15-12-9(14(20)21)5-6-10(13(12)16)17-7-1-2-11(19)18-8-3-4-8/h5-6,8,17H,1-4,7H2,(H,18,19)(H,20,21). The van der Waals surface area contributed by atoms with Gasteiger partial charge in [0.15, 0.2) is 11.6 Å². The third-order valence-electron chi connectivity index (χ3n) is 3.15. The van der Waals surface area contributed by atoms with E-state index in [2.05, 4.69) is 10.6 Å². The number of benzene rings is 1. The summed E-state index contributed by atoms with van der Waals surface area (Å²) in [5.74, 6) is -4.18. The smallest absolute Gasteiger partial charge is 0.338 e. The molecule has 114 valence electrons. The molecule has 5 nitrogen and oxygen atoms in total. The molecule has 21 heavy (non-hydrogen) atoms. The highest BCUT2D eigenvalue weighted by Gasteiger charge is 2.22. The largest absolute Gasteiger partial charge is 0.478 e. The number of rotatable bonds is 7. The van der Waals surface area contributed by atoms with Gasteiger partial charge < -0.3 is 15.7 Å². The molecule has 0 aliphatic heterocycles. The van der Waals surface area contributed by atoms with Crippen LogP contribution in [0.3, 0.4) is 0 Å². The number of halogens is 2. The number of anilines is 1. The summed E-state index contributed by atoms with van der Waals surface area (Å²) in [4.78, 5) is 22.0. The van der Waals surface area contributed by atoms with E-state index >= 15 is 0 Å². The van der Waals surface area contributed by atoms with Gasteiger partial charge in [-0.3, -0.25) is 4.79 Å². The van der Waals surface area contributed by atoms with E-state index in [9.17, 15) is 18.4 Å². The number of carbonyl (C=O) groups is 2. The molecule has 0 unspecified atom stereocenters. The Labute approximate surface area is 120 Å². The van der Waals surface area contributed by atoms with Gasteiger partial charge in [0, 0.05) is 19.0 Å². The monoisotopic (exact) mass is 298 g/mol. The van der Waals surface area contributed by atoms with Crippen LogP contribution < -0.4 is 10.6 Å². The molecular weight excluding hydrogens is 282 g/mol. The minimum absolute atomic E-state index is 0.0489. The third-order valence-corrected chi connectivity index (χ3v) is 3.15. The molecule has 1 aromatic rings. The first-order valence-electron chi connectivity index (χ1n) is 6.73. The van der Waals surface area contributed by atoms with Crippen LogP contribution in [0.15, 0.2) is 12.1 Å². The molecule has 1 aliphatic carbocycles. The number of carboxylic acid groups (broad SMARTS) is 1. The van der Waals surface area contributed by atoms with Crippen molar-refractivity contribution in [1.29, 1.82) is 0 Å². The number of aromatic carboxylic acids is 1. The lowest BCUT2D eigenvalue weighted by molar-refractivity contribution is -0.121. The van der Waals surface area contributed by atoms with Crippen LogP contribution in [0.4, 0.5) is 14.5 Å². The summed E-state index contributed by atoms with van der Waals surface area (Å²) in [6.07, 6.45) is 2.82. The van der Waals surface area contributed by atoms with Crippen LogP contribution >= 0.6 is 0 Å². The molecule has 0 heterocycles. The summed E-state index contributed by atoms with van der Waals surface area (Å²) in [6, 6.07) is 2.48. The summed E-state index contributed by atoms with van der Waals surface area (Å²) in [7, 11) is 0. The highest BCUT2D eigenvalue weighted by Crippen LogP contribution is 2.21. The Hall–Kier alpha value is -2.18. The number of hydrogen-bond acceptors (Lipinski definition) is 3. The zero-order valence-electron chi connectivity index (χ0n) is 11.3. The second kappa shape index (κ2) is 6.51. The Morgan fingerprint density at radius 2 is 1.95 bits per heavy atom. The van der Waals surface area contributed by atoms with Crippen LogP contribution in [-0.2, 0) is 4.79 Å². The summed E-state index contributed by atoms with van der Waals surface area (Å²) in [5, 5.41) is 14.1. The lowest BCUT2D eigenvalue weighted by Gasteiger charge is -2.09. The highest BCUT2D eigenvalue weighted by molar-refractivity contribution is 5.88. The summed E-state index contributed by atoms with van der Waals surface area (Å²) in [6.45, 7) is 0.293. The van der Waals surface area contributed by atoms with E-state index in [1.807, 2.05) is 0 Å². The van der Waals surface area contributed by atoms with Crippen molar-refractivity contribution < 1.29 is 23.5 Å². The van der Waals surface area contributed by atoms with Crippen LogP contribution in [0.2, 0.25) is 0 Å². The van der Waals surface area contributed by atoms with Crippen molar-refractivity contribution in [2.24, 2.45) is 0 Å².